The molecule has 1 saturated carbocycles. The Kier molecular flexibility index (Phi) is 5.12. The molecule has 1 N–H and O–H groups in total. The van der Waals surface area contributed by atoms with Crippen LogP contribution in [0, 0.1) is 16.7 Å². The molecule has 0 aromatic carbocycles. The fourth-order valence-electron chi connectivity index (χ4n) is 4.60. The third-order valence-corrected chi connectivity index (χ3v) is 9.45. The number of alkyl halides is 2. The molecule has 35 heavy (non-hydrogen) atoms. The monoisotopic (exact) mass is 521 g/mol. The molecule has 6 rings (SSSR count). The van der Waals surface area contributed by atoms with Crippen molar-refractivity contribution in [3.05, 3.63) is 23.5 Å². The van der Waals surface area contributed by atoms with E-state index in [9.17, 15) is 22.5 Å². The van der Waals surface area contributed by atoms with Gasteiger partial charge in [-0.2, -0.15) is 9.98 Å². The third kappa shape index (κ3) is 3.86. The molecule has 2 aliphatic heterocycles. The summed E-state index contributed by atoms with van der Waals surface area (Å²) in [7, 11) is -4.03. The number of hydrogen-bond donors (Lipinski definition) is 1. The number of halogens is 2. The molecule has 184 valence electrons. The Morgan fingerprint density at radius 3 is 2.49 bits per heavy atom. The number of piperidine rings is 1. The Labute approximate surface area is 203 Å². The predicted molar refractivity (Wildman–Crippen MR) is 122 cm³/mol. The maximum Gasteiger partial charge on any atom is 0.291 e. The van der Waals surface area contributed by atoms with Crippen molar-refractivity contribution in [3.8, 4) is 16.8 Å². The second kappa shape index (κ2) is 7.89. The van der Waals surface area contributed by atoms with Gasteiger partial charge in [-0.25, -0.2) is 22.2 Å². The number of imidazole rings is 1. The number of ether oxygens (including phenoxy) is 1. The fourth-order valence-corrected chi connectivity index (χ4v) is 6.71. The zero-order valence-electron chi connectivity index (χ0n) is 18.4. The number of fused-ring (bicyclic) bond motifs is 1. The van der Waals surface area contributed by atoms with Crippen molar-refractivity contribution < 1.29 is 21.9 Å². The van der Waals surface area contributed by atoms with Crippen LogP contribution in [0.15, 0.2) is 23.4 Å². The first-order valence-corrected chi connectivity index (χ1v) is 13.4. The van der Waals surface area contributed by atoms with E-state index in [0.29, 0.717) is 37.3 Å². The summed E-state index contributed by atoms with van der Waals surface area (Å²) in [5.41, 5.74) is -0.213. The van der Waals surface area contributed by atoms with Crippen LogP contribution in [-0.4, -0.2) is 59.8 Å². The summed E-state index contributed by atoms with van der Waals surface area (Å²) in [6.07, 6.45) is 1.51. The van der Waals surface area contributed by atoms with E-state index in [1.165, 1.54) is 6.07 Å². The second-order valence-electron chi connectivity index (χ2n) is 9.42. The summed E-state index contributed by atoms with van der Waals surface area (Å²) in [6.45, 7) is 2.89. The first-order chi connectivity index (χ1) is 16.7. The molecule has 3 aromatic rings. The molecule has 0 atom stereocenters. The highest BCUT2D eigenvalue weighted by atomic mass is 32.2. The molecule has 0 unspecified atom stereocenters. The molecule has 3 aromatic heterocycles. The first-order valence-electron chi connectivity index (χ1n) is 11.1. The van der Waals surface area contributed by atoms with Gasteiger partial charge in [0.15, 0.2) is 10.0 Å². The first kappa shape index (κ1) is 22.7. The second-order valence-corrected chi connectivity index (χ2v) is 12.1. The minimum atomic E-state index is -4.03. The number of pyridine rings is 1. The van der Waals surface area contributed by atoms with E-state index in [0.717, 1.165) is 37.4 Å². The topological polar surface area (TPSA) is 126 Å². The smallest absolute Gasteiger partial charge is 0.291 e. The summed E-state index contributed by atoms with van der Waals surface area (Å²) in [4.78, 5) is 6.47. The van der Waals surface area contributed by atoms with Crippen molar-refractivity contribution in [1.82, 2.24) is 24.3 Å². The van der Waals surface area contributed by atoms with Crippen LogP contribution < -0.4 is 9.62 Å². The lowest BCUT2D eigenvalue weighted by Crippen LogP contribution is -2.51. The number of nitrogens with one attached hydrogen (secondary N) is 1. The van der Waals surface area contributed by atoms with Gasteiger partial charge in [-0.1, -0.05) is 11.3 Å². The van der Waals surface area contributed by atoms with Crippen LogP contribution >= 0.6 is 11.3 Å². The van der Waals surface area contributed by atoms with Crippen molar-refractivity contribution in [2.24, 2.45) is 5.41 Å². The molecular weight excluding hydrogens is 500 g/mol. The van der Waals surface area contributed by atoms with E-state index in [1.807, 2.05) is 6.07 Å². The minimum Gasteiger partial charge on any atom is -0.380 e. The molecular formula is C21H21F2N7O3S2. The molecule has 10 nitrogen and oxygen atoms in total. The van der Waals surface area contributed by atoms with Gasteiger partial charge in [0.1, 0.15) is 23.4 Å². The van der Waals surface area contributed by atoms with Crippen LogP contribution in [0.1, 0.15) is 37.1 Å². The fraction of sp³-hybridized carbons (Fsp3) is 0.524. The van der Waals surface area contributed by atoms with Crippen molar-refractivity contribution in [3.63, 3.8) is 0 Å². The van der Waals surface area contributed by atoms with Crippen molar-refractivity contribution in [2.75, 3.05) is 31.2 Å². The average molecular weight is 522 g/mol. The number of rotatable bonds is 6. The summed E-state index contributed by atoms with van der Waals surface area (Å²) < 4.78 is 62.5. The van der Waals surface area contributed by atoms with Gasteiger partial charge < -0.3 is 9.64 Å². The van der Waals surface area contributed by atoms with Gasteiger partial charge in [0, 0.05) is 18.5 Å². The zero-order chi connectivity index (χ0) is 24.4. The molecule has 3 fully saturated rings. The number of aromatic nitrogens is 4. The Morgan fingerprint density at radius 2 is 1.91 bits per heavy atom. The van der Waals surface area contributed by atoms with Gasteiger partial charge in [0.05, 0.1) is 29.7 Å². The largest absolute Gasteiger partial charge is 0.380 e. The van der Waals surface area contributed by atoms with E-state index >= 15 is 0 Å². The number of nitriles is 1. The van der Waals surface area contributed by atoms with Gasteiger partial charge in [-0.05, 0) is 37.8 Å². The standard InChI is InChI=1S/C21H21F2N7O3S2/c22-17(23)19-27-26-18(34-19)16-14-7-13(35(31,32)28-21(9-24)1-2-21)8-15(30(14)12-25-16)29-5-3-20(4-6-29)10-33-11-20/h7-8,12,17,28H,1-6,10-11H2. The van der Waals surface area contributed by atoms with E-state index < -0.39 is 27.0 Å². The highest BCUT2D eigenvalue weighted by Gasteiger charge is 2.47. The van der Waals surface area contributed by atoms with Crippen molar-refractivity contribution in [1.29, 1.82) is 5.26 Å². The number of hydrogen-bond acceptors (Lipinski definition) is 9. The summed E-state index contributed by atoms with van der Waals surface area (Å²) in [5, 5.41) is 16.5. The van der Waals surface area contributed by atoms with E-state index in [-0.39, 0.29) is 21.0 Å². The van der Waals surface area contributed by atoms with Crippen LogP contribution in [0.25, 0.3) is 16.2 Å². The molecule has 2 saturated heterocycles. The molecule has 1 spiro atoms. The number of anilines is 1. The van der Waals surface area contributed by atoms with E-state index in [1.54, 1.807) is 16.8 Å². The van der Waals surface area contributed by atoms with Crippen LogP contribution in [-0.2, 0) is 14.8 Å². The average Bonchev–Trinajstić information content (AvgIpc) is 3.21. The SMILES string of the molecule is N#CC1(NS(=O)(=O)c2cc(N3CCC4(CC3)COC4)n3cnc(-c4nnc(C(F)F)s4)c3c2)CC1. The highest BCUT2D eigenvalue weighted by Crippen LogP contribution is 2.41. The number of nitrogens with zero attached hydrogens (tertiary/aromatic N) is 6. The van der Waals surface area contributed by atoms with Crippen molar-refractivity contribution >= 4 is 32.7 Å². The molecule has 0 amide bonds. The normalized spacial score (nSPS) is 20.8. The molecule has 1 aliphatic carbocycles. The van der Waals surface area contributed by atoms with Gasteiger partial charge in [-0.15, -0.1) is 10.2 Å². The Hall–Kier alpha value is -2.73. The Balaban J connectivity index is 1.45. The quantitative estimate of drug-likeness (QED) is 0.525. The van der Waals surface area contributed by atoms with Crippen LogP contribution in [0.5, 0.6) is 0 Å². The van der Waals surface area contributed by atoms with Crippen LogP contribution in [0.4, 0.5) is 14.6 Å². The van der Waals surface area contributed by atoms with Gasteiger partial charge in [-0.3, -0.25) is 4.40 Å². The third-order valence-electron chi connectivity index (χ3n) is 7.00. The summed E-state index contributed by atoms with van der Waals surface area (Å²) in [6, 6.07) is 5.06. The Bertz CT molecular complexity index is 1450. The molecule has 3 aliphatic rings. The zero-order valence-corrected chi connectivity index (χ0v) is 20.1. The van der Waals surface area contributed by atoms with E-state index in [2.05, 4.69) is 24.8 Å². The predicted octanol–water partition coefficient (Wildman–Crippen LogP) is 2.74. The Morgan fingerprint density at radius 1 is 1.17 bits per heavy atom. The lowest BCUT2D eigenvalue weighted by Gasteiger charge is -2.47. The lowest BCUT2D eigenvalue weighted by atomic mass is 9.77. The summed E-state index contributed by atoms with van der Waals surface area (Å²) >= 11 is 0.719. The van der Waals surface area contributed by atoms with Gasteiger partial charge >= 0.3 is 0 Å². The minimum absolute atomic E-state index is 0.0193. The molecule has 5 heterocycles. The molecule has 0 bridgehead atoms. The van der Waals surface area contributed by atoms with Crippen LogP contribution in [0.3, 0.4) is 0 Å². The number of sulfonamides is 1. The van der Waals surface area contributed by atoms with Crippen LogP contribution in [0.2, 0.25) is 0 Å². The van der Waals surface area contributed by atoms with Crippen molar-refractivity contribution in [2.45, 2.75) is 42.5 Å². The highest BCUT2D eigenvalue weighted by molar-refractivity contribution is 7.89. The van der Waals surface area contributed by atoms with Gasteiger partial charge in [0.2, 0.25) is 10.0 Å². The molecule has 0 radical (unpaired) electrons. The molecule has 14 heteroatoms. The van der Waals surface area contributed by atoms with Gasteiger partial charge in [0.25, 0.3) is 6.43 Å². The summed E-state index contributed by atoms with van der Waals surface area (Å²) in [5.74, 6) is 0.622. The maximum absolute atomic E-state index is 13.3. The lowest BCUT2D eigenvalue weighted by molar-refractivity contribution is -0.124. The van der Waals surface area contributed by atoms with E-state index in [4.69, 9.17) is 4.74 Å². The maximum atomic E-state index is 13.3.